The van der Waals surface area contributed by atoms with Crippen molar-refractivity contribution in [1.82, 2.24) is 15.0 Å². The first-order valence-electron chi connectivity index (χ1n) is 5.78. The maximum atomic E-state index is 11.9. The molecule has 11 heteroatoms. The summed E-state index contributed by atoms with van der Waals surface area (Å²) >= 11 is 6.46. The lowest BCUT2D eigenvalue weighted by molar-refractivity contribution is -0.114. The maximum absolute atomic E-state index is 11.9. The summed E-state index contributed by atoms with van der Waals surface area (Å²) in [5.41, 5.74) is 0.670. The van der Waals surface area contributed by atoms with E-state index in [9.17, 15) is 13.2 Å². The molecule has 0 unspecified atom stereocenters. The molecule has 0 saturated heterocycles. The third kappa shape index (κ3) is 4.48. The lowest BCUT2D eigenvalue weighted by Crippen LogP contribution is -2.18. The molecule has 0 aliphatic heterocycles. The summed E-state index contributed by atoms with van der Waals surface area (Å²) in [6.07, 6.45) is 1.32. The summed E-state index contributed by atoms with van der Waals surface area (Å²) < 4.78 is 23.5. The largest absolute Gasteiger partial charge is 0.305 e. The fourth-order valence-electron chi connectivity index (χ4n) is 1.28. The molecule has 0 fully saturated rings. The van der Waals surface area contributed by atoms with Crippen molar-refractivity contribution in [3.8, 4) is 0 Å². The van der Waals surface area contributed by atoms with Gasteiger partial charge in [0.05, 0.1) is 6.21 Å². The Morgan fingerprint density at radius 1 is 1.32 bits per heavy atom. The number of hydrogen-bond acceptors (Lipinski definition) is 7. The average Bonchev–Trinajstić information content (AvgIpc) is 2.89. The molecule has 22 heavy (non-hydrogen) atoms. The zero-order valence-corrected chi connectivity index (χ0v) is 13.5. The van der Waals surface area contributed by atoms with Crippen LogP contribution in [0.4, 0.5) is 5.13 Å². The minimum atomic E-state index is -3.93. The molecule has 1 aromatic heterocycles. The molecule has 0 saturated carbocycles. The van der Waals surface area contributed by atoms with E-state index < -0.39 is 10.0 Å². The number of hydrazone groups is 1. The van der Waals surface area contributed by atoms with Crippen molar-refractivity contribution in [3.05, 3.63) is 34.9 Å². The molecule has 1 heterocycles. The third-order valence-corrected chi connectivity index (χ3v) is 4.86. The number of rotatable bonds is 5. The van der Waals surface area contributed by atoms with Crippen molar-refractivity contribution in [2.75, 3.05) is 5.32 Å². The Morgan fingerprint density at radius 3 is 2.64 bits per heavy atom. The number of hydrogen-bond donors (Lipinski definition) is 2. The summed E-state index contributed by atoms with van der Waals surface area (Å²) in [6, 6.07) is 6.67. The van der Waals surface area contributed by atoms with Gasteiger partial charge < -0.3 is 5.32 Å². The SMILES string of the molecule is CC(=O)Nc1nnc(S(=O)(=O)N/N=C/c2ccc(Cl)cc2)s1. The Kier molecular flexibility index (Phi) is 5.06. The number of halogens is 1. The number of amides is 1. The number of nitrogens with one attached hydrogen (secondary N) is 2. The van der Waals surface area contributed by atoms with Gasteiger partial charge in [-0.05, 0) is 17.7 Å². The summed E-state index contributed by atoms with van der Waals surface area (Å²) in [5, 5.41) is 13.7. The predicted molar refractivity (Wildman–Crippen MR) is 83.6 cm³/mol. The summed E-state index contributed by atoms with van der Waals surface area (Å²) in [4.78, 5) is 12.9. The van der Waals surface area contributed by atoms with Crippen LogP contribution in [0.2, 0.25) is 5.02 Å². The van der Waals surface area contributed by atoms with Crippen molar-refractivity contribution in [2.45, 2.75) is 11.3 Å². The molecule has 0 bridgehead atoms. The molecule has 0 spiro atoms. The summed E-state index contributed by atoms with van der Waals surface area (Å²) in [5.74, 6) is -0.367. The minimum Gasteiger partial charge on any atom is -0.301 e. The molecule has 8 nitrogen and oxygen atoms in total. The number of carbonyl (C=O) groups excluding carboxylic acids is 1. The van der Waals surface area contributed by atoms with Crippen LogP contribution in [0, 0.1) is 0 Å². The summed E-state index contributed by atoms with van der Waals surface area (Å²) in [7, 11) is -3.93. The first-order chi connectivity index (χ1) is 10.4. The molecule has 0 aliphatic carbocycles. The highest BCUT2D eigenvalue weighted by atomic mass is 35.5. The van der Waals surface area contributed by atoms with E-state index in [4.69, 9.17) is 11.6 Å². The normalized spacial score (nSPS) is 11.5. The quantitative estimate of drug-likeness (QED) is 0.476. The van der Waals surface area contributed by atoms with Gasteiger partial charge in [0.2, 0.25) is 11.0 Å². The van der Waals surface area contributed by atoms with E-state index >= 15 is 0 Å². The zero-order chi connectivity index (χ0) is 16.2. The van der Waals surface area contributed by atoms with Crippen LogP contribution in [0.5, 0.6) is 0 Å². The minimum absolute atomic E-state index is 0.0922. The topological polar surface area (TPSA) is 113 Å². The van der Waals surface area contributed by atoms with Gasteiger partial charge in [-0.2, -0.15) is 18.4 Å². The van der Waals surface area contributed by atoms with E-state index in [1.165, 1.54) is 13.1 Å². The van der Waals surface area contributed by atoms with E-state index in [0.29, 0.717) is 10.6 Å². The number of benzene rings is 1. The molecule has 0 radical (unpaired) electrons. The van der Waals surface area contributed by atoms with Crippen LogP contribution < -0.4 is 10.1 Å². The monoisotopic (exact) mass is 359 g/mol. The van der Waals surface area contributed by atoms with Gasteiger partial charge in [-0.3, -0.25) is 4.79 Å². The van der Waals surface area contributed by atoms with E-state index in [1.54, 1.807) is 24.3 Å². The Bertz CT molecular complexity index is 801. The number of sulfonamides is 1. The highest BCUT2D eigenvalue weighted by Gasteiger charge is 2.19. The molecule has 116 valence electrons. The van der Waals surface area contributed by atoms with Crippen LogP contribution >= 0.6 is 22.9 Å². The number of anilines is 1. The molecule has 0 atom stereocenters. The molecule has 1 amide bonds. The second-order valence-corrected chi connectivity index (χ2v) is 7.21. The standard InChI is InChI=1S/C11H10ClN5O3S2/c1-7(18)14-10-15-16-11(21-10)22(19,20)17-13-6-8-2-4-9(12)5-3-8/h2-6,17H,1H3,(H,14,15,18)/b13-6+. The van der Waals surface area contributed by atoms with E-state index in [0.717, 1.165) is 11.3 Å². The zero-order valence-electron chi connectivity index (χ0n) is 11.1. The lowest BCUT2D eigenvalue weighted by atomic mass is 10.2. The van der Waals surface area contributed by atoms with Gasteiger partial charge in [0.25, 0.3) is 4.34 Å². The molecule has 2 aromatic rings. The van der Waals surface area contributed by atoms with Crippen LogP contribution in [-0.2, 0) is 14.8 Å². The second kappa shape index (κ2) is 6.81. The van der Waals surface area contributed by atoms with Crippen LogP contribution in [-0.4, -0.2) is 30.7 Å². The molecule has 2 rings (SSSR count). The first kappa shape index (κ1) is 16.3. The second-order valence-electron chi connectivity index (χ2n) is 3.96. The lowest BCUT2D eigenvalue weighted by Gasteiger charge is -1.98. The van der Waals surface area contributed by atoms with Crippen LogP contribution in [0.15, 0.2) is 33.7 Å². The third-order valence-electron chi connectivity index (χ3n) is 2.18. The van der Waals surface area contributed by atoms with E-state index in [1.807, 2.05) is 4.83 Å². The molecule has 2 N–H and O–H groups in total. The van der Waals surface area contributed by atoms with Crippen LogP contribution in [0.3, 0.4) is 0 Å². The van der Waals surface area contributed by atoms with E-state index in [2.05, 4.69) is 20.6 Å². The Hall–Kier alpha value is -2.04. The van der Waals surface area contributed by atoms with Gasteiger partial charge in [-0.1, -0.05) is 35.1 Å². The average molecular weight is 360 g/mol. The van der Waals surface area contributed by atoms with Crippen molar-refractivity contribution < 1.29 is 13.2 Å². The molecular formula is C11H10ClN5O3S2. The van der Waals surface area contributed by atoms with Gasteiger partial charge in [0, 0.05) is 11.9 Å². The highest BCUT2D eigenvalue weighted by Crippen LogP contribution is 2.19. The predicted octanol–water partition coefficient (Wildman–Crippen LogP) is 1.46. The van der Waals surface area contributed by atoms with Crippen molar-refractivity contribution in [3.63, 3.8) is 0 Å². The van der Waals surface area contributed by atoms with Gasteiger partial charge >= 0.3 is 10.0 Å². The van der Waals surface area contributed by atoms with Crippen molar-refractivity contribution in [2.24, 2.45) is 5.10 Å². The first-order valence-corrected chi connectivity index (χ1v) is 8.46. The smallest absolute Gasteiger partial charge is 0.301 e. The number of nitrogens with zero attached hydrogens (tertiary/aromatic N) is 3. The van der Waals surface area contributed by atoms with Gasteiger partial charge in [-0.25, -0.2) is 0 Å². The van der Waals surface area contributed by atoms with E-state index in [-0.39, 0.29) is 15.4 Å². The van der Waals surface area contributed by atoms with Gasteiger partial charge in [0.1, 0.15) is 0 Å². The fourth-order valence-corrected chi connectivity index (χ4v) is 3.13. The van der Waals surface area contributed by atoms with Crippen molar-refractivity contribution in [1.29, 1.82) is 0 Å². The number of carbonyl (C=O) groups is 1. The highest BCUT2D eigenvalue weighted by molar-refractivity contribution is 7.91. The summed E-state index contributed by atoms with van der Waals surface area (Å²) in [6.45, 7) is 1.28. The van der Waals surface area contributed by atoms with Crippen molar-refractivity contribution >= 4 is 50.2 Å². The Balaban J connectivity index is 2.06. The Morgan fingerprint density at radius 2 is 2.00 bits per heavy atom. The molecule has 1 aromatic carbocycles. The van der Waals surface area contributed by atoms with Gasteiger partial charge in [0.15, 0.2) is 0 Å². The van der Waals surface area contributed by atoms with Gasteiger partial charge in [-0.15, -0.1) is 10.2 Å². The fraction of sp³-hybridized carbons (Fsp3) is 0.0909. The Labute approximate surface area is 135 Å². The van der Waals surface area contributed by atoms with Crippen LogP contribution in [0.1, 0.15) is 12.5 Å². The van der Waals surface area contributed by atoms with Crippen LogP contribution in [0.25, 0.3) is 0 Å². The molecular weight excluding hydrogens is 350 g/mol. The number of aromatic nitrogens is 2. The maximum Gasteiger partial charge on any atom is 0.305 e. The molecule has 0 aliphatic rings.